The van der Waals surface area contributed by atoms with Gasteiger partial charge in [-0.25, -0.2) is 41.4 Å². The Hall–Kier alpha value is -2.77. The molecule has 1 saturated heterocycles. The summed E-state index contributed by atoms with van der Waals surface area (Å²) in [5.41, 5.74) is 0.996. The molecule has 0 aliphatic carbocycles. The van der Waals surface area contributed by atoms with E-state index in [0.29, 0.717) is 42.5 Å². The van der Waals surface area contributed by atoms with Crippen molar-refractivity contribution >= 4 is 21.5 Å². The van der Waals surface area contributed by atoms with E-state index in [9.17, 15) is 17.2 Å². The molecule has 0 spiro atoms. The lowest BCUT2D eigenvalue weighted by molar-refractivity contribution is 0.0239. The smallest absolute Gasteiger partial charge is 0.282 e. The molecule has 0 saturated carbocycles. The maximum absolute atomic E-state index is 13.1. The van der Waals surface area contributed by atoms with Gasteiger partial charge in [0, 0.05) is 25.2 Å². The molecule has 1 aliphatic heterocycles. The normalized spacial score (nSPS) is 18.6. The average molecular weight is 453 g/mol. The Morgan fingerprint density at radius 1 is 1.26 bits per heavy atom. The second kappa shape index (κ2) is 8.40. The van der Waals surface area contributed by atoms with Crippen LogP contribution in [0.4, 0.5) is 14.6 Å². The van der Waals surface area contributed by atoms with Crippen molar-refractivity contribution < 1.29 is 21.9 Å². The third-order valence-electron chi connectivity index (χ3n) is 4.90. The van der Waals surface area contributed by atoms with E-state index in [1.807, 2.05) is 4.90 Å². The quantitative estimate of drug-likeness (QED) is 0.594. The lowest BCUT2D eigenvalue weighted by atomic mass is 10.1. The second-order valence-corrected chi connectivity index (χ2v) is 9.05. The molecule has 3 aromatic heterocycles. The third kappa shape index (κ3) is 4.78. The fraction of sp³-hybridized carbons (Fsp3) is 0.444. The Balaban J connectivity index is 1.60. The molecule has 1 fully saturated rings. The molecule has 10 nitrogen and oxygen atoms in total. The maximum Gasteiger partial charge on any atom is 0.282 e. The molecule has 3 aromatic rings. The molecule has 1 N–H and O–H groups in total. The van der Waals surface area contributed by atoms with Gasteiger partial charge in [0.05, 0.1) is 30.9 Å². The van der Waals surface area contributed by atoms with Gasteiger partial charge >= 0.3 is 0 Å². The molecule has 2 atom stereocenters. The number of rotatable bonds is 6. The Morgan fingerprint density at radius 2 is 2.06 bits per heavy atom. The number of fused-ring (bicyclic) bond motifs is 1. The Labute approximate surface area is 177 Å². The number of anilines is 1. The van der Waals surface area contributed by atoms with E-state index >= 15 is 0 Å². The molecular weight excluding hydrogens is 432 g/mol. The Kier molecular flexibility index (Phi) is 5.81. The van der Waals surface area contributed by atoms with Crippen molar-refractivity contribution in [1.82, 2.24) is 29.3 Å². The predicted octanol–water partition coefficient (Wildman–Crippen LogP) is 1.27. The number of morpholine rings is 1. The minimum Gasteiger partial charge on any atom is -0.373 e. The number of nitrogens with one attached hydrogen (secondary N) is 1. The fourth-order valence-electron chi connectivity index (χ4n) is 3.44. The first-order valence-electron chi connectivity index (χ1n) is 9.50. The van der Waals surface area contributed by atoms with Gasteiger partial charge in [0.2, 0.25) is 10.0 Å². The number of halogens is 2. The number of alkyl halides is 2. The summed E-state index contributed by atoms with van der Waals surface area (Å²) in [5, 5.41) is 3.97. The predicted molar refractivity (Wildman–Crippen MR) is 108 cm³/mol. The summed E-state index contributed by atoms with van der Waals surface area (Å²) in [4.78, 5) is 14.7. The van der Waals surface area contributed by atoms with Crippen LogP contribution in [0.2, 0.25) is 0 Å². The van der Waals surface area contributed by atoms with Crippen LogP contribution in [0.15, 0.2) is 30.7 Å². The first kappa shape index (κ1) is 21.5. The summed E-state index contributed by atoms with van der Waals surface area (Å²) in [6, 6.07) is 4.01. The van der Waals surface area contributed by atoms with Gasteiger partial charge in [-0.2, -0.15) is 5.10 Å². The lowest BCUT2D eigenvalue weighted by Gasteiger charge is -2.36. The zero-order chi connectivity index (χ0) is 22.2. The summed E-state index contributed by atoms with van der Waals surface area (Å²) >= 11 is 0. The van der Waals surface area contributed by atoms with Crippen LogP contribution in [0.5, 0.6) is 0 Å². The molecule has 0 amide bonds. The molecule has 4 heterocycles. The van der Waals surface area contributed by atoms with E-state index in [2.05, 4.69) is 24.8 Å². The van der Waals surface area contributed by atoms with Crippen LogP contribution in [0.1, 0.15) is 19.0 Å². The Bertz CT molecular complexity index is 1190. The van der Waals surface area contributed by atoms with Crippen LogP contribution in [-0.2, 0) is 14.8 Å². The molecule has 166 valence electrons. The van der Waals surface area contributed by atoms with E-state index in [-0.39, 0.29) is 11.8 Å². The third-order valence-corrected chi connectivity index (χ3v) is 5.70. The highest BCUT2D eigenvalue weighted by atomic mass is 32.2. The first-order chi connectivity index (χ1) is 14.7. The van der Waals surface area contributed by atoms with Crippen LogP contribution in [-0.4, -0.2) is 71.1 Å². The summed E-state index contributed by atoms with van der Waals surface area (Å²) in [6.45, 7) is 3.11. The highest BCUT2D eigenvalue weighted by Crippen LogP contribution is 2.24. The lowest BCUT2D eigenvalue weighted by Crippen LogP contribution is -2.52. The average Bonchev–Trinajstić information content (AvgIpc) is 3.16. The van der Waals surface area contributed by atoms with E-state index in [1.165, 1.54) is 29.2 Å². The van der Waals surface area contributed by atoms with Gasteiger partial charge in [-0.15, -0.1) is 0 Å². The van der Waals surface area contributed by atoms with Gasteiger partial charge < -0.3 is 9.64 Å². The molecule has 0 aromatic carbocycles. The standard InChI is InChI=1S/C18H21F2N7O3S/c1-11(25-31(2,28)29)15-9-26(5-6-30-15)17-7-13(22-10-23-17)14-8-21-16-4-3-12(18(19)20)24-27(14)16/h3-4,7-8,10-11,15,18,25H,5-6,9H2,1-2H3/t11-,15+/m1/s1. The molecule has 4 rings (SSSR count). The summed E-state index contributed by atoms with van der Waals surface area (Å²) in [5.74, 6) is 0.602. The van der Waals surface area contributed by atoms with Gasteiger partial charge in [0.15, 0.2) is 5.65 Å². The number of hydrogen-bond acceptors (Lipinski definition) is 8. The minimum atomic E-state index is -3.37. The Morgan fingerprint density at radius 3 is 2.81 bits per heavy atom. The molecule has 1 aliphatic rings. The van der Waals surface area contributed by atoms with Gasteiger partial charge in [-0.1, -0.05) is 0 Å². The largest absolute Gasteiger partial charge is 0.373 e. The number of hydrogen-bond donors (Lipinski definition) is 1. The van der Waals surface area contributed by atoms with Crippen LogP contribution in [0, 0.1) is 0 Å². The SMILES string of the molecule is C[C@@H](NS(C)(=O)=O)[C@@H]1CN(c2cc(-c3cnc4ccc(C(F)F)nn34)ncn2)CCO1. The summed E-state index contributed by atoms with van der Waals surface area (Å²) in [7, 11) is -3.37. The minimum absolute atomic E-state index is 0.357. The van der Waals surface area contributed by atoms with E-state index in [1.54, 1.807) is 13.0 Å². The van der Waals surface area contributed by atoms with Crippen molar-refractivity contribution in [2.75, 3.05) is 30.9 Å². The number of aromatic nitrogens is 5. The van der Waals surface area contributed by atoms with Crippen molar-refractivity contribution in [3.05, 3.63) is 36.4 Å². The number of nitrogens with zero attached hydrogens (tertiary/aromatic N) is 6. The first-order valence-corrected chi connectivity index (χ1v) is 11.4. The fourth-order valence-corrected chi connectivity index (χ4v) is 4.27. The van der Waals surface area contributed by atoms with Crippen molar-refractivity contribution in [3.63, 3.8) is 0 Å². The van der Waals surface area contributed by atoms with E-state index in [0.717, 1.165) is 6.26 Å². The molecule has 13 heteroatoms. The number of sulfonamides is 1. The zero-order valence-corrected chi connectivity index (χ0v) is 17.6. The maximum atomic E-state index is 13.1. The summed E-state index contributed by atoms with van der Waals surface area (Å²) < 4.78 is 58.8. The highest BCUT2D eigenvalue weighted by Gasteiger charge is 2.28. The number of imidazole rings is 1. The van der Waals surface area contributed by atoms with Crippen molar-refractivity contribution in [2.24, 2.45) is 0 Å². The van der Waals surface area contributed by atoms with E-state index in [4.69, 9.17) is 4.74 Å². The van der Waals surface area contributed by atoms with Crippen molar-refractivity contribution in [2.45, 2.75) is 25.5 Å². The van der Waals surface area contributed by atoms with Crippen LogP contribution in [0.25, 0.3) is 17.0 Å². The zero-order valence-electron chi connectivity index (χ0n) is 16.8. The van der Waals surface area contributed by atoms with Crippen LogP contribution >= 0.6 is 0 Å². The molecule has 0 bridgehead atoms. The van der Waals surface area contributed by atoms with Crippen molar-refractivity contribution in [1.29, 1.82) is 0 Å². The van der Waals surface area contributed by atoms with Crippen molar-refractivity contribution in [3.8, 4) is 11.4 Å². The van der Waals surface area contributed by atoms with Gasteiger partial charge in [-0.3, -0.25) is 0 Å². The van der Waals surface area contributed by atoms with Gasteiger partial charge in [0.1, 0.15) is 23.5 Å². The molecular formula is C18H21F2N7O3S. The second-order valence-electron chi connectivity index (χ2n) is 7.27. The number of ether oxygens (including phenoxy) is 1. The summed E-state index contributed by atoms with van der Waals surface area (Å²) in [6.07, 6.45) is 0.930. The molecule has 31 heavy (non-hydrogen) atoms. The monoisotopic (exact) mass is 453 g/mol. The topological polar surface area (TPSA) is 115 Å². The molecule has 0 radical (unpaired) electrons. The van der Waals surface area contributed by atoms with E-state index < -0.39 is 22.5 Å². The van der Waals surface area contributed by atoms with Gasteiger partial charge in [0.25, 0.3) is 6.43 Å². The van der Waals surface area contributed by atoms with Crippen LogP contribution < -0.4 is 9.62 Å². The molecule has 0 unspecified atom stereocenters. The van der Waals surface area contributed by atoms with Gasteiger partial charge in [-0.05, 0) is 19.1 Å². The van der Waals surface area contributed by atoms with Crippen LogP contribution in [0.3, 0.4) is 0 Å². The highest BCUT2D eigenvalue weighted by molar-refractivity contribution is 7.88.